The van der Waals surface area contributed by atoms with Crippen molar-refractivity contribution in [2.75, 3.05) is 45.0 Å². The lowest BCUT2D eigenvalue weighted by atomic mass is 9.78. The molecule has 11 N–H and O–H groups in total. The lowest BCUT2D eigenvalue weighted by Crippen LogP contribution is -2.49. The van der Waals surface area contributed by atoms with Crippen molar-refractivity contribution < 1.29 is 127 Å². The van der Waals surface area contributed by atoms with Gasteiger partial charge in [0.05, 0.1) is 67.0 Å². The molecule has 0 spiro atoms. The van der Waals surface area contributed by atoms with Crippen molar-refractivity contribution in [1.82, 2.24) is 0 Å². The van der Waals surface area contributed by atoms with Crippen molar-refractivity contribution in [3.8, 4) is 23.0 Å². The van der Waals surface area contributed by atoms with E-state index in [0.717, 1.165) is 41.1 Å². The van der Waals surface area contributed by atoms with Crippen molar-refractivity contribution in [3.63, 3.8) is 0 Å². The second-order valence-electron chi connectivity index (χ2n) is 17.0. The molecule has 0 saturated carbocycles. The summed E-state index contributed by atoms with van der Waals surface area (Å²) in [6, 6.07) is 24.5. The van der Waals surface area contributed by atoms with Crippen LogP contribution in [0.2, 0.25) is 0 Å². The van der Waals surface area contributed by atoms with Crippen LogP contribution in [-0.4, -0.2) is 203 Å². The first-order valence-electron chi connectivity index (χ1n) is 21.5. The SMILES string of the molecule is COc1ccc(C(C)(C)c2ccc(Oc3ccc(S(=O)(=O)c4ccc(OS(=O)(=O)C(O)C(CO)S(=O)(=O)CC(C(O)CO)S(=O)(=O)O)cc4)cc3)cc2)cc1.O=S(=O)(O)C(O)C(CO)S(=O)(=O)CC(C(O)CO)S(=O)(=O)O. The summed E-state index contributed by atoms with van der Waals surface area (Å²) in [5.74, 6) is -2.28. The van der Waals surface area contributed by atoms with Crippen LogP contribution in [0.5, 0.6) is 23.0 Å². The Balaban J connectivity index is 0.000000596. The van der Waals surface area contributed by atoms with Gasteiger partial charge in [0.1, 0.15) is 44.0 Å². The summed E-state index contributed by atoms with van der Waals surface area (Å²) >= 11 is 0. The third-order valence-electron chi connectivity index (χ3n) is 11.4. The molecule has 0 heterocycles. The minimum absolute atomic E-state index is 0.140. The summed E-state index contributed by atoms with van der Waals surface area (Å²) < 4.78 is 211. The normalized spacial score (nSPS) is 16.3. The van der Waals surface area contributed by atoms with Gasteiger partial charge in [-0.2, -0.15) is 33.7 Å². The maximum atomic E-state index is 13.3. The first-order valence-corrected chi connectivity index (χ1v) is 32.4. The number of aliphatic hydroxyl groups excluding tert-OH is 8. The van der Waals surface area contributed by atoms with E-state index in [4.69, 9.17) is 38.1 Å². The van der Waals surface area contributed by atoms with Crippen LogP contribution in [0, 0.1) is 0 Å². The van der Waals surface area contributed by atoms with Gasteiger partial charge in [-0.25, -0.2) is 25.3 Å². The number of methoxy groups -OCH3 is 1. The Bertz CT molecular complexity index is 3410. The molecule has 77 heavy (non-hydrogen) atoms. The molecule has 0 aliphatic carbocycles. The fraction of sp³-hybridized carbons (Fsp3) is 0.429. The lowest BCUT2D eigenvalue weighted by molar-refractivity contribution is 0.0928. The zero-order valence-corrected chi connectivity index (χ0v) is 46.0. The molecular weight excluding hydrogens is 1180 g/mol. The van der Waals surface area contributed by atoms with E-state index in [1.807, 2.05) is 36.4 Å². The van der Waals surface area contributed by atoms with Crippen LogP contribution in [0.15, 0.2) is 107 Å². The molecule has 0 amide bonds. The van der Waals surface area contributed by atoms with Gasteiger partial charge in [-0.05, 0) is 83.9 Å². The Hall–Kier alpha value is -4.51. The van der Waals surface area contributed by atoms with Gasteiger partial charge in [0.15, 0.2) is 25.1 Å². The Morgan fingerprint density at radius 1 is 0.429 bits per heavy atom. The number of aliphatic hydroxyl groups is 8. The van der Waals surface area contributed by atoms with E-state index < -0.39 is 158 Å². The zero-order valence-electron chi connectivity index (χ0n) is 40.3. The second-order valence-corrected chi connectivity index (χ2v) is 29.9. The highest BCUT2D eigenvalue weighted by Gasteiger charge is 2.46. The quantitative estimate of drug-likeness (QED) is 0.0220. The molecule has 4 rings (SSSR count). The molecule has 0 bridgehead atoms. The van der Waals surface area contributed by atoms with Gasteiger partial charge in [-0.1, -0.05) is 38.1 Å². The predicted octanol–water partition coefficient (Wildman–Crippen LogP) is -2.36. The van der Waals surface area contributed by atoms with E-state index >= 15 is 0 Å². The molecule has 35 heteroatoms. The van der Waals surface area contributed by atoms with Crippen molar-refractivity contribution in [2.45, 2.75) is 73.1 Å². The van der Waals surface area contributed by atoms with Crippen LogP contribution < -0.4 is 13.7 Å². The van der Waals surface area contributed by atoms with E-state index in [-0.39, 0.29) is 15.2 Å². The summed E-state index contributed by atoms with van der Waals surface area (Å²) in [4.78, 5) is -0.435. The van der Waals surface area contributed by atoms with Crippen LogP contribution in [-0.2, 0) is 75.4 Å². The fourth-order valence-electron chi connectivity index (χ4n) is 6.80. The largest absolute Gasteiger partial charge is 0.497 e. The van der Waals surface area contributed by atoms with Crippen LogP contribution in [0.1, 0.15) is 25.0 Å². The Labute approximate surface area is 443 Å². The third kappa shape index (κ3) is 17.5. The molecule has 0 aromatic heterocycles. The Kier molecular flexibility index (Phi) is 22.7. The molecule has 8 atom stereocenters. The molecular formula is C42H56O28S7. The van der Waals surface area contributed by atoms with Crippen LogP contribution >= 0.6 is 0 Å². The Morgan fingerprint density at radius 2 is 0.753 bits per heavy atom. The number of hydrogen-bond acceptors (Lipinski definition) is 25. The lowest BCUT2D eigenvalue weighted by Gasteiger charge is -2.26. The summed E-state index contributed by atoms with van der Waals surface area (Å²) in [6.45, 7) is -1.45. The van der Waals surface area contributed by atoms with E-state index in [1.54, 1.807) is 19.2 Å². The summed E-state index contributed by atoms with van der Waals surface area (Å²) in [6.07, 6.45) is -4.55. The highest BCUT2D eigenvalue weighted by molar-refractivity contribution is 7.96. The minimum atomic E-state index is -5.34. The van der Waals surface area contributed by atoms with Crippen LogP contribution in [0.25, 0.3) is 0 Å². The van der Waals surface area contributed by atoms with Gasteiger partial charge in [0.2, 0.25) is 15.3 Å². The van der Waals surface area contributed by atoms with Gasteiger partial charge < -0.3 is 54.5 Å². The molecule has 0 aliphatic rings. The molecule has 0 saturated heterocycles. The zero-order chi connectivity index (χ0) is 58.9. The third-order valence-corrected chi connectivity index (χ3v) is 23.0. The standard InChI is InChI=1S/C35H40O16S4.C7H16O12S3/c1-35(2,23-4-8-25(49-3)9-5-23)24-6-10-26(11-7-24)50-27-12-16-29(17-13-27)53(42,43)30-18-14-28(15-19-30)51-55(47,48)34(39)32(21-37)52(40,41)22-33(31(38)20-36)54(44,45)46;8-1-4(10)6(21(14,15)16)3-20(12,13)5(2-9)7(11)22(17,18)19/h4-19,31-34,36-39H,20-22H2,1-3H3,(H,44,45,46);4-11H,1-3H2,(H,14,15,16)(H,17,18,19). The molecule has 8 unspecified atom stereocenters. The maximum absolute atomic E-state index is 13.3. The van der Waals surface area contributed by atoms with Gasteiger partial charge in [0, 0.05) is 5.41 Å². The van der Waals surface area contributed by atoms with E-state index in [0.29, 0.717) is 11.5 Å². The summed E-state index contributed by atoms with van der Waals surface area (Å²) in [5.41, 5.74) is -4.21. The smallest absolute Gasteiger partial charge is 0.337 e. The predicted molar refractivity (Wildman–Crippen MR) is 269 cm³/mol. The van der Waals surface area contributed by atoms with E-state index in [2.05, 4.69) is 13.8 Å². The second kappa shape index (κ2) is 26.2. The number of rotatable bonds is 27. The van der Waals surface area contributed by atoms with Gasteiger partial charge >= 0.3 is 10.1 Å². The average Bonchev–Trinajstić information content (AvgIpc) is 3.34. The van der Waals surface area contributed by atoms with Crippen molar-refractivity contribution in [2.24, 2.45) is 0 Å². The Morgan fingerprint density at radius 3 is 1.06 bits per heavy atom. The average molecular weight is 1230 g/mol. The number of sulfone groups is 3. The summed E-state index contributed by atoms with van der Waals surface area (Å²) in [5, 5.41) is 64.5. The first-order chi connectivity index (χ1) is 35.2. The summed E-state index contributed by atoms with van der Waals surface area (Å²) in [7, 11) is -33.8. The molecule has 0 fully saturated rings. The molecule has 0 radical (unpaired) electrons. The molecule has 4 aromatic rings. The highest BCUT2D eigenvalue weighted by Crippen LogP contribution is 2.35. The molecule has 4 aromatic carbocycles. The minimum Gasteiger partial charge on any atom is -0.497 e. The van der Waals surface area contributed by atoms with Gasteiger partial charge in [-0.3, -0.25) is 13.7 Å². The van der Waals surface area contributed by atoms with E-state index in [9.17, 15) is 89.0 Å². The van der Waals surface area contributed by atoms with Gasteiger partial charge in [-0.15, -0.1) is 0 Å². The van der Waals surface area contributed by atoms with Crippen molar-refractivity contribution in [3.05, 3.63) is 108 Å². The van der Waals surface area contributed by atoms with Crippen molar-refractivity contribution >= 4 is 70.0 Å². The van der Waals surface area contributed by atoms with E-state index in [1.165, 1.54) is 24.3 Å². The topological polar surface area (TPSA) is 489 Å². The molecule has 0 aliphatic heterocycles. The number of ether oxygens (including phenoxy) is 2. The number of hydrogen-bond donors (Lipinski definition) is 11. The monoisotopic (exact) mass is 1230 g/mol. The molecule has 434 valence electrons. The van der Waals surface area contributed by atoms with Crippen molar-refractivity contribution in [1.29, 1.82) is 0 Å². The fourth-order valence-corrected chi connectivity index (χ4v) is 17.8. The first kappa shape index (κ1) is 66.8. The van der Waals surface area contributed by atoms with Gasteiger partial charge in [0.25, 0.3) is 30.4 Å². The molecule has 28 nitrogen and oxygen atoms in total. The maximum Gasteiger partial charge on any atom is 0.337 e. The van der Waals surface area contributed by atoms with Crippen LogP contribution in [0.3, 0.4) is 0 Å². The van der Waals surface area contributed by atoms with Crippen LogP contribution in [0.4, 0.5) is 0 Å². The highest BCUT2D eigenvalue weighted by atomic mass is 32.2. The number of benzene rings is 4.